The third-order valence-electron chi connectivity index (χ3n) is 6.28. The maximum absolute atomic E-state index is 13.2. The lowest BCUT2D eigenvalue weighted by Crippen LogP contribution is -2.39. The van der Waals surface area contributed by atoms with Crippen LogP contribution in [0.1, 0.15) is 36.2 Å². The zero-order valence-corrected chi connectivity index (χ0v) is 21.5. The number of carbonyl (C=O) groups is 1. The number of hydrogen-bond donors (Lipinski definition) is 2. The lowest BCUT2D eigenvalue weighted by molar-refractivity contribution is -0.192. The van der Waals surface area contributed by atoms with Gasteiger partial charge < -0.3 is 19.9 Å². The van der Waals surface area contributed by atoms with Gasteiger partial charge in [0.2, 0.25) is 5.95 Å². The molecule has 14 heteroatoms. The zero-order valence-electron chi connectivity index (χ0n) is 20.7. The van der Waals surface area contributed by atoms with Crippen LogP contribution in [-0.2, 0) is 22.0 Å². The van der Waals surface area contributed by atoms with E-state index < -0.39 is 22.9 Å². The number of hydrogen-bond acceptors (Lipinski definition) is 8. The van der Waals surface area contributed by atoms with Crippen molar-refractivity contribution < 1.29 is 27.3 Å². The predicted octanol–water partition coefficient (Wildman–Crippen LogP) is 3.87. The van der Waals surface area contributed by atoms with Gasteiger partial charge in [0, 0.05) is 32.4 Å². The summed E-state index contributed by atoms with van der Waals surface area (Å²) in [6.45, 7) is 1.91. The van der Waals surface area contributed by atoms with Gasteiger partial charge in [-0.2, -0.15) is 23.4 Å². The fourth-order valence-corrected chi connectivity index (χ4v) is 6.37. The van der Waals surface area contributed by atoms with Crippen molar-refractivity contribution in [2.75, 3.05) is 24.3 Å². The minimum Gasteiger partial charge on any atom is -0.475 e. The van der Waals surface area contributed by atoms with Crippen molar-refractivity contribution in [3.63, 3.8) is 0 Å². The second kappa shape index (κ2) is 10.1. The molecule has 200 valence electrons. The summed E-state index contributed by atoms with van der Waals surface area (Å²) in [5.41, 5.74) is 3.76. The highest BCUT2D eigenvalue weighted by Gasteiger charge is 2.51. The Kier molecular flexibility index (Phi) is 7.16. The van der Waals surface area contributed by atoms with E-state index in [1.165, 1.54) is 0 Å². The molecule has 0 bridgehead atoms. The van der Waals surface area contributed by atoms with Crippen LogP contribution in [0.15, 0.2) is 35.6 Å². The van der Waals surface area contributed by atoms with E-state index in [2.05, 4.69) is 21.4 Å². The number of carboxylic acid groups (broad SMARTS) is 1. The summed E-state index contributed by atoms with van der Waals surface area (Å²) in [5.74, 6) is -1.61. The number of alkyl halides is 3. The smallest absolute Gasteiger partial charge is 0.475 e. The largest absolute Gasteiger partial charge is 0.490 e. The number of aryl methyl sites for hydroxylation is 1. The van der Waals surface area contributed by atoms with Crippen molar-refractivity contribution >= 4 is 34.2 Å². The van der Waals surface area contributed by atoms with Crippen LogP contribution in [-0.4, -0.2) is 59.8 Å². The van der Waals surface area contributed by atoms with E-state index in [0.29, 0.717) is 17.3 Å². The van der Waals surface area contributed by atoms with Gasteiger partial charge in [-0.3, -0.25) is 4.21 Å². The molecule has 1 fully saturated rings. The molecular weight excluding hydrogens is 523 g/mol. The molecule has 0 saturated heterocycles. The number of imidazole rings is 1. The van der Waals surface area contributed by atoms with Crippen LogP contribution in [0.25, 0.3) is 5.69 Å². The molecule has 1 unspecified atom stereocenters. The number of nitrogens with zero attached hydrogens (tertiary/aromatic N) is 6. The van der Waals surface area contributed by atoms with Gasteiger partial charge in [0.05, 0.1) is 44.5 Å². The Morgan fingerprint density at radius 1 is 1.29 bits per heavy atom. The monoisotopic (exact) mass is 547 g/mol. The van der Waals surface area contributed by atoms with Crippen LogP contribution in [0.2, 0.25) is 0 Å². The fourth-order valence-electron chi connectivity index (χ4n) is 4.28. The molecule has 2 N–H and O–H groups in total. The van der Waals surface area contributed by atoms with Gasteiger partial charge in [-0.05, 0) is 38.0 Å². The normalized spacial score (nSPS) is 17.0. The zero-order chi connectivity index (χ0) is 27.8. The summed E-state index contributed by atoms with van der Waals surface area (Å²) >= 11 is 0. The number of aliphatic carboxylic acids is 1. The second-order valence-corrected chi connectivity index (χ2v) is 11.0. The average Bonchev–Trinajstić information content (AvgIpc) is 3.39. The molecule has 3 heterocycles. The van der Waals surface area contributed by atoms with Gasteiger partial charge in [-0.25, -0.2) is 14.8 Å². The third kappa shape index (κ3) is 5.19. The van der Waals surface area contributed by atoms with E-state index in [-0.39, 0.29) is 4.75 Å². The van der Waals surface area contributed by atoms with Crippen LogP contribution in [0, 0.1) is 18.3 Å². The summed E-state index contributed by atoms with van der Waals surface area (Å²) in [4.78, 5) is 25.2. The topological polar surface area (TPSA) is 137 Å². The Morgan fingerprint density at radius 2 is 1.97 bits per heavy atom. The number of nitriles is 1. The molecule has 0 radical (unpaired) electrons. The Balaban J connectivity index is 0.000000426. The SMILES string of the molecule is Cc1cn(-c2ccc(Nc3nc4c(c(N(C)C)n3)S(=O)C3(CCC3)C4)cc2C#N)cn1.O=C(O)C(F)(F)F. The van der Waals surface area contributed by atoms with Crippen LogP contribution in [0.5, 0.6) is 0 Å². The summed E-state index contributed by atoms with van der Waals surface area (Å²) in [7, 11) is 2.74. The highest BCUT2D eigenvalue weighted by atomic mass is 32.2. The minimum absolute atomic E-state index is 0.154. The highest BCUT2D eigenvalue weighted by Crippen LogP contribution is 2.50. The molecule has 1 aromatic carbocycles. The molecule has 2 aromatic heterocycles. The molecule has 38 heavy (non-hydrogen) atoms. The summed E-state index contributed by atoms with van der Waals surface area (Å²) in [6.07, 6.45) is 2.30. The summed E-state index contributed by atoms with van der Waals surface area (Å²) < 4.78 is 46.6. The van der Waals surface area contributed by atoms with Gasteiger partial charge in [0.25, 0.3) is 0 Å². The van der Waals surface area contributed by atoms with Crippen molar-refractivity contribution in [1.29, 1.82) is 5.26 Å². The van der Waals surface area contributed by atoms with Crippen molar-refractivity contribution in [1.82, 2.24) is 19.5 Å². The first-order valence-electron chi connectivity index (χ1n) is 11.5. The van der Waals surface area contributed by atoms with Crippen molar-refractivity contribution in [3.05, 3.63) is 47.7 Å². The maximum Gasteiger partial charge on any atom is 0.490 e. The first kappa shape index (κ1) is 27.1. The van der Waals surface area contributed by atoms with Gasteiger partial charge in [-0.15, -0.1) is 0 Å². The quantitative estimate of drug-likeness (QED) is 0.499. The standard InChI is InChI=1S/C22H23N7OS.C2HF3O2/c1-14-12-29(13-24-14)18-6-5-16(9-15(18)11-23)25-21-26-17-10-22(7-4-8-22)31(30)19(17)20(27-21)28(2)3;3-2(4,5)1(6)7/h5-6,9,12-13H,4,7-8,10H2,1-3H3,(H,25,26,27);(H,6,7). The molecule has 0 amide bonds. The summed E-state index contributed by atoms with van der Waals surface area (Å²) in [5, 5.41) is 20.0. The van der Waals surface area contributed by atoms with E-state index >= 15 is 0 Å². The number of benzene rings is 1. The minimum atomic E-state index is -5.08. The van der Waals surface area contributed by atoms with E-state index in [1.54, 1.807) is 12.4 Å². The average molecular weight is 548 g/mol. The number of carboxylic acids is 1. The summed E-state index contributed by atoms with van der Waals surface area (Å²) in [6, 6.07) is 7.80. The van der Waals surface area contributed by atoms with Crippen LogP contribution < -0.4 is 10.2 Å². The van der Waals surface area contributed by atoms with Gasteiger partial charge in [0.1, 0.15) is 16.8 Å². The molecule has 1 spiro atoms. The molecule has 2 aliphatic rings. The van der Waals surface area contributed by atoms with Crippen LogP contribution in [0.4, 0.5) is 30.6 Å². The molecule has 1 saturated carbocycles. The maximum atomic E-state index is 13.2. The Morgan fingerprint density at radius 3 is 2.47 bits per heavy atom. The third-order valence-corrected chi connectivity index (χ3v) is 8.41. The van der Waals surface area contributed by atoms with Crippen LogP contribution >= 0.6 is 0 Å². The number of nitrogens with one attached hydrogen (secondary N) is 1. The molecule has 1 aliphatic carbocycles. The number of anilines is 3. The molecule has 1 atom stereocenters. The Hall–Kier alpha value is -3.99. The predicted molar refractivity (Wildman–Crippen MR) is 133 cm³/mol. The molecule has 5 rings (SSSR count). The fraction of sp³-hybridized carbons (Fsp3) is 0.375. The van der Waals surface area contributed by atoms with Gasteiger partial charge >= 0.3 is 12.1 Å². The first-order chi connectivity index (χ1) is 17.8. The van der Waals surface area contributed by atoms with E-state index in [1.807, 2.05) is 48.8 Å². The lowest BCUT2D eigenvalue weighted by atomic mass is 9.81. The van der Waals surface area contributed by atoms with E-state index in [0.717, 1.165) is 53.3 Å². The Labute approximate surface area is 218 Å². The van der Waals surface area contributed by atoms with Crippen LogP contribution in [0.3, 0.4) is 0 Å². The van der Waals surface area contributed by atoms with Crippen molar-refractivity contribution in [3.8, 4) is 11.8 Å². The molecule has 3 aromatic rings. The number of halogens is 3. The number of rotatable bonds is 4. The molecular formula is C24H24F3N7O3S. The Bertz CT molecular complexity index is 1460. The second-order valence-electron chi connectivity index (χ2n) is 9.22. The van der Waals surface area contributed by atoms with Crippen molar-refractivity contribution in [2.24, 2.45) is 0 Å². The van der Waals surface area contributed by atoms with Gasteiger partial charge in [-0.1, -0.05) is 6.42 Å². The lowest BCUT2D eigenvalue weighted by Gasteiger charge is -2.36. The molecule has 10 nitrogen and oxygen atoms in total. The first-order valence-corrected chi connectivity index (χ1v) is 12.6. The highest BCUT2D eigenvalue weighted by molar-refractivity contribution is 7.87. The van der Waals surface area contributed by atoms with E-state index in [4.69, 9.17) is 14.9 Å². The van der Waals surface area contributed by atoms with Crippen molar-refractivity contribution in [2.45, 2.75) is 48.4 Å². The number of fused-ring (bicyclic) bond motifs is 1. The van der Waals surface area contributed by atoms with Gasteiger partial charge in [0.15, 0.2) is 0 Å². The number of aromatic nitrogens is 4. The molecule has 1 aliphatic heterocycles. The van der Waals surface area contributed by atoms with E-state index in [9.17, 15) is 22.6 Å².